The molecule has 27 heavy (non-hydrogen) atoms. The fourth-order valence-corrected chi connectivity index (χ4v) is 4.16. The molecular weight excluding hydrogens is 348 g/mol. The minimum absolute atomic E-state index is 0.00940. The van der Waals surface area contributed by atoms with Gasteiger partial charge in [-0.2, -0.15) is 0 Å². The van der Waals surface area contributed by atoms with Crippen LogP contribution in [-0.4, -0.2) is 59.0 Å². The molecule has 8 heteroatoms. The number of aliphatic hydroxyl groups is 1. The Bertz CT molecular complexity index is 781. The van der Waals surface area contributed by atoms with Gasteiger partial charge in [-0.15, -0.1) is 0 Å². The van der Waals surface area contributed by atoms with Gasteiger partial charge in [-0.25, -0.2) is 0 Å². The number of rotatable bonds is 4. The number of imide groups is 1. The molecule has 0 spiro atoms. The molecule has 1 aromatic carbocycles. The van der Waals surface area contributed by atoms with Gasteiger partial charge in [-0.1, -0.05) is 18.2 Å². The number of fused-ring (bicyclic) bond motifs is 1. The SMILES string of the molecule is O=C1CCC(N2Cc3cccc(CN[C@@H]4CCNC[C@H]4O)c3C2=O)C(=O)N1. The summed E-state index contributed by atoms with van der Waals surface area (Å²) < 4.78 is 0. The van der Waals surface area contributed by atoms with Crippen LogP contribution in [-0.2, 0) is 22.7 Å². The number of carbonyl (C=O) groups excluding carboxylic acids is 3. The normalized spacial score (nSPS) is 28.3. The lowest BCUT2D eigenvalue weighted by molar-refractivity contribution is -0.136. The van der Waals surface area contributed by atoms with Crippen molar-refractivity contribution in [3.05, 3.63) is 34.9 Å². The zero-order valence-electron chi connectivity index (χ0n) is 15.0. The summed E-state index contributed by atoms with van der Waals surface area (Å²) in [5.41, 5.74) is 2.41. The largest absolute Gasteiger partial charge is 0.390 e. The van der Waals surface area contributed by atoms with Crippen LogP contribution in [0, 0.1) is 0 Å². The van der Waals surface area contributed by atoms with Gasteiger partial charge in [0, 0.05) is 37.7 Å². The summed E-state index contributed by atoms with van der Waals surface area (Å²) in [6.07, 6.45) is 0.982. The van der Waals surface area contributed by atoms with Crippen LogP contribution in [0.3, 0.4) is 0 Å². The molecule has 8 nitrogen and oxygen atoms in total. The number of piperidine rings is 2. The van der Waals surface area contributed by atoms with Gasteiger partial charge in [0.15, 0.2) is 0 Å². The number of carbonyl (C=O) groups is 3. The first-order chi connectivity index (χ1) is 13.0. The monoisotopic (exact) mass is 372 g/mol. The van der Waals surface area contributed by atoms with Gasteiger partial charge in [0.2, 0.25) is 11.8 Å². The lowest BCUT2D eigenvalue weighted by Crippen LogP contribution is -2.52. The molecule has 1 aromatic rings. The molecule has 0 aliphatic carbocycles. The molecule has 0 saturated carbocycles. The topological polar surface area (TPSA) is 111 Å². The fraction of sp³-hybridized carbons (Fsp3) is 0.526. The van der Waals surface area contributed by atoms with E-state index in [1.165, 1.54) is 0 Å². The number of hydrogen-bond donors (Lipinski definition) is 4. The van der Waals surface area contributed by atoms with Crippen LogP contribution < -0.4 is 16.0 Å². The van der Waals surface area contributed by atoms with Crippen LogP contribution in [0.1, 0.15) is 40.7 Å². The van der Waals surface area contributed by atoms with E-state index >= 15 is 0 Å². The molecule has 0 bridgehead atoms. The maximum Gasteiger partial charge on any atom is 0.255 e. The molecule has 3 aliphatic rings. The Labute approximate surface area is 157 Å². The van der Waals surface area contributed by atoms with Crippen molar-refractivity contribution >= 4 is 17.7 Å². The zero-order valence-corrected chi connectivity index (χ0v) is 15.0. The van der Waals surface area contributed by atoms with Crippen molar-refractivity contribution < 1.29 is 19.5 Å². The average molecular weight is 372 g/mol. The molecule has 1 unspecified atom stereocenters. The minimum atomic E-state index is -0.602. The molecular formula is C19H24N4O4. The summed E-state index contributed by atoms with van der Waals surface area (Å²) in [6, 6.07) is 5.11. The molecule has 3 amide bonds. The van der Waals surface area contributed by atoms with Crippen LogP contribution in [0.4, 0.5) is 0 Å². The van der Waals surface area contributed by atoms with E-state index in [9.17, 15) is 19.5 Å². The number of β-amino-alcohol motifs (C(OH)–C–C–N with tert-alkyl or cyclic N) is 1. The van der Waals surface area contributed by atoms with Crippen LogP contribution in [0.5, 0.6) is 0 Å². The van der Waals surface area contributed by atoms with Gasteiger partial charge in [-0.3, -0.25) is 19.7 Å². The second-order valence-electron chi connectivity index (χ2n) is 7.40. The van der Waals surface area contributed by atoms with Crippen molar-refractivity contribution in [2.24, 2.45) is 0 Å². The predicted octanol–water partition coefficient (Wildman–Crippen LogP) is -0.740. The molecule has 3 atom stereocenters. The molecule has 4 rings (SSSR count). The van der Waals surface area contributed by atoms with E-state index in [1.807, 2.05) is 18.2 Å². The highest BCUT2D eigenvalue weighted by molar-refractivity contribution is 6.05. The zero-order chi connectivity index (χ0) is 19.0. The van der Waals surface area contributed by atoms with Gasteiger partial charge < -0.3 is 20.6 Å². The number of nitrogens with zero attached hydrogens (tertiary/aromatic N) is 1. The van der Waals surface area contributed by atoms with E-state index in [0.717, 1.165) is 24.1 Å². The number of benzene rings is 1. The van der Waals surface area contributed by atoms with Crippen LogP contribution in [0.2, 0.25) is 0 Å². The molecule has 144 valence electrons. The molecule has 0 radical (unpaired) electrons. The Hall–Kier alpha value is -2.29. The third-order valence-electron chi connectivity index (χ3n) is 5.64. The minimum Gasteiger partial charge on any atom is -0.390 e. The summed E-state index contributed by atoms with van der Waals surface area (Å²) in [7, 11) is 0. The van der Waals surface area contributed by atoms with Crippen molar-refractivity contribution in [2.45, 2.75) is 50.5 Å². The average Bonchev–Trinajstić information content (AvgIpc) is 2.98. The molecule has 2 saturated heterocycles. The van der Waals surface area contributed by atoms with E-state index in [-0.39, 0.29) is 24.3 Å². The van der Waals surface area contributed by atoms with Crippen LogP contribution in [0.25, 0.3) is 0 Å². The lowest BCUT2D eigenvalue weighted by atomic mass is 10.0. The Kier molecular flexibility index (Phi) is 4.94. The van der Waals surface area contributed by atoms with E-state index < -0.39 is 18.1 Å². The van der Waals surface area contributed by atoms with Gasteiger partial charge in [0.25, 0.3) is 5.91 Å². The Balaban J connectivity index is 1.49. The van der Waals surface area contributed by atoms with E-state index in [2.05, 4.69) is 16.0 Å². The van der Waals surface area contributed by atoms with Crippen molar-refractivity contribution in [3.8, 4) is 0 Å². The highest BCUT2D eigenvalue weighted by Crippen LogP contribution is 2.30. The molecule has 0 aromatic heterocycles. The predicted molar refractivity (Wildman–Crippen MR) is 96.6 cm³/mol. The molecule has 4 N–H and O–H groups in total. The molecule has 3 aliphatic heterocycles. The van der Waals surface area contributed by atoms with Crippen molar-refractivity contribution in [1.82, 2.24) is 20.9 Å². The second kappa shape index (κ2) is 7.38. The molecule has 3 heterocycles. The number of aliphatic hydroxyl groups excluding tert-OH is 1. The third kappa shape index (κ3) is 3.47. The summed E-state index contributed by atoms with van der Waals surface area (Å²) in [5, 5.41) is 18.9. The van der Waals surface area contributed by atoms with Crippen LogP contribution >= 0.6 is 0 Å². The Morgan fingerprint density at radius 2 is 2.07 bits per heavy atom. The van der Waals surface area contributed by atoms with Crippen molar-refractivity contribution in [3.63, 3.8) is 0 Å². The van der Waals surface area contributed by atoms with Gasteiger partial charge in [0.05, 0.1) is 6.10 Å². The van der Waals surface area contributed by atoms with Crippen LogP contribution in [0.15, 0.2) is 18.2 Å². The van der Waals surface area contributed by atoms with E-state index in [1.54, 1.807) is 4.90 Å². The summed E-state index contributed by atoms with van der Waals surface area (Å²) in [4.78, 5) is 38.1. The summed E-state index contributed by atoms with van der Waals surface area (Å²) in [5.74, 6) is -0.849. The van der Waals surface area contributed by atoms with E-state index in [4.69, 9.17) is 0 Å². The first-order valence-electron chi connectivity index (χ1n) is 9.42. The number of nitrogens with one attached hydrogen (secondary N) is 3. The number of amides is 3. The highest BCUT2D eigenvalue weighted by Gasteiger charge is 2.40. The first kappa shape index (κ1) is 18.1. The first-order valence-corrected chi connectivity index (χ1v) is 9.42. The smallest absolute Gasteiger partial charge is 0.255 e. The Morgan fingerprint density at radius 1 is 1.22 bits per heavy atom. The van der Waals surface area contributed by atoms with Gasteiger partial charge in [-0.05, 0) is 30.5 Å². The Morgan fingerprint density at radius 3 is 2.85 bits per heavy atom. The highest BCUT2D eigenvalue weighted by atomic mass is 16.3. The number of hydrogen-bond acceptors (Lipinski definition) is 6. The maximum absolute atomic E-state index is 13.0. The molecule has 2 fully saturated rings. The second-order valence-corrected chi connectivity index (χ2v) is 7.40. The lowest BCUT2D eigenvalue weighted by Gasteiger charge is -2.30. The summed E-state index contributed by atoms with van der Waals surface area (Å²) >= 11 is 0. The summed E-state index contributed by atoms with van der Waals surface area (Å²) in [6.45, 7) is 2.28. The van der Waals surface area contributed by atoms with Gasteiger partial charge in [0.1, 0.15) is 6.04 Å². The van der Waals surface area contributed by atoms with Crippen molar-refractivity contribution in [2.75, 3.05) is 13.1 Å². The quantitative estimate of drug-likeness (QED) is 0.518. The third-order valence-corrected chi connectivity index (χ3v) is 5.64. The van der Waals surface area contributed by atoms with Crippen molar-refractivity contribution in [1.29, 1.82) is 0 Å². The standard InChI is InChI=1S/C19H24N4O4/c24-15-9-20-7-6-13(15)21-8-11-2-1-3-12-10-23(19(27)17(11)12)14-4-5-16(25)22-18(14)26/h1-3,13-15,20-21,24H,4-10H2,(H,22,25,26)/t13-,14?,15-/m1/s1. The van der Waals surface area contributed by atoms with E-state index in [0.29, 0.717) is 31.6 Å². The fourth-order valence-electron chi connectivity index (χ4n) is 4.16. The maximum atomic E-state index is 13.0. The van der Waals surface area contributed by atoms with Gasteiger partial charge >= 0.3 is 0 Å².